The van der Waals surface area contributed by atoms with Crippen LogP contribution in [0.4, 0.5) is 0 Å². The number of carbonyl (C=O) groups excluding carboxylic acids is 1. The van der Waals surface area contributed by atoms with E-state index in [-0.39, 0.29) is 24.7 Å². The zero-order chi connectivity index (χ0) is 13.0. The number of hydrogen-bond acceptors (Lipinski definition) is 4. The molecular weight excluding hydrogens is 226 g/mol. The molecule has 1 heterocycles. The minimum atomic E-state index is -0.998. The van der Waals surface area contributed by atoms with Crippen LogP contribution >= 0.6 is 0 Å². The van der Waals surface area contributed by atoms with Crippen molar-refractivity contribution >= 4 is 11.9 Å². The number of rotatable bonds is 5. The number of amides is 1. The summed E-state index contributed by atoms with van der Waals surface area (Å²) in [4.78, 5) is 24.2. The molecule has 0 aromatic rings. The number of carboxylic acids is 1. The zero-order valence-electron chi connectivity index (χ0n) is 10.4. The summed E-state index contributed by atoms with van der Waals surface area (Å²) in [5.74, 6) is -1.30. The standard InChI is InChI=1S/C11H19NO5/c1-7(2)17-6-10(13)12-5-8(16-3)4-9(12)11(14)15/h7-9H,4-6H2,1-3H3,(H,14,15). The fourth-order valence-electron chi connectivity index (χ4n) is 1.80. The topological polar surface area (TPSA) is 76.1 Å². The van der Waals surface area contributed by atoms with E-state index in [0.717, 1.165) is 0 Å². The molecule has 0 aliphatic carbocycles. The average Bonchev–Trinajstić information content (AvgIpc) is 2.69. The summed E-state index contributed by atoms with van der Waals surface area (Å²) in [7, 11) is 1.52. The lowest BCUT2D eigenvalue weighted by molar-refractivity contribution is -0.150. The van der Waals surface area contributed by atoms with Crippen molar-refractivity contribution in [3.05, 3.63) is 0 Å². The van der Waals surface area contributed by atoms with Gasteiger partial charge in [-0.05, 0) is 13.8 Å². The van der Waals surface area contributed by atoms with Crippen LogP contribution in [-0.4, -0.2) is 60.4 Å². The monoisotopic (exact) mass is 245 g/mol. The molecule has 1 aliphatic rings. The van der Waals surface area contributed by atoms with E-state index >= 15 is 0 Å². The number of carboxylic acid groups (broad SMARTS) is 1. The lowest BCUT2D eigenvalue weighted by Gasteiger charge is -2.21. The van der Waals surface area contributed by atoms with Gasteiger partial charge in [0.25, 0.3) is 0 Å². The van der Waals surface area contributed by atoms with E-state index in [0.29, 0.717) is 13.0 Å². The Morgan fingerprint density at radius 2 is 2.12 bits per heavy atom. The van der Waals surface area contributed by atoms with E-state index in [2.05, 4.69) is 0 Å². The van der Waals surface area contributed by atoms with Gasteiger partial charge in [-0.3, -0.25) is 4.79 Å². The van der Waals surface area contributed by atoms with Gasteiger partial charge in [-0.1, -0.05) is 0 Å². The van der Waals surface area contributed by atoms with Crippen LogP contribution in [0.3, 0.4) is 0 Å². The SMILES string of the molecule is COC1CC(C(=O)O)N(C(=O)COC(C)C)C1. The number of hydrogen-bond donors (Lipinski definition) is 1. The molecule has 0 aromatic carbocycles. The Morgan fingerprint density at radius 1 is 1.47 bits per heavy atom. The Kier molecular flexibility index (Phi) is 4.89. The van der Waals surface area contributed by atoms with Crippen molar-refractivity contribution in [1.82, 2.24) is 4.90 Å². The van der Waals surface area contributed by atoms with Gasteiger partial charge in [-0.25, -0.2) is 4.79 Å². The molecule has 17 heavy (non-hydrogen) atoms. The molecule has 0 spiro atoms. The van der Waals surface area contributed by atoms with Crippen molar-refractivity contribution in [3.8, 4) is 0 Å². The van der Waals surface area contributed by atoms with E-state index in [1.807, 2.05) is 13.8 Å². The number of likely N-dealkylation sites (tertiary alicyclic amines) is 1. The molecule has 1 fully saturated rings. The summed E-state index contributed by atoms with van der Waals surface area (Å²) in [5.41, 5.74) is 0. The van der Waals surface area contributed by atoms with Gasteiger partial charge in [-0.2, -0.15) is 0 Å². The molecule has 6 heteroatoms. The predicted molar refractivity (Wildman–Crippen MR) is 59.6 cm³/mol. The first-order chi connectivity index (χ1) is 7.95. The van der Waals surface area contributed by atoms with E-state index in [1.165, 1.54) is 12.0 Å². The summed E-state index contributed by atoms with van der Waals surface area (Å²) >= 11 is 0. The van der Waals surface area contributed by atoms with Crippen LogP contribution in [0.15, 0.2) is 0 Å². The first-order valence-electron chi connectivity index (χ1n) is 5.62. The number of methoxy groups -OCH3 is 1. The van der Waals surface area contributed by atoms with Crippen LogP contribution in [-0.2, 0) is 19.1 Å². The molecule has 1 amide bonds. The van der Waals surface area contributed by atoms with Crippen LogP contribution < -0.4 is 0 Å². The molecule has 1 N–H and O–H groups in total. The van der Waals surface area contributed by atoms with Gasteiger partial charge in [0.2, 0.25) is 5.91 Å². The quantitative estimate of drug-likeness (QED) is 0.744. The van der Waals surface area contributed by atoms with Crippen molar-refractivity contribution in [2.75, 3.05) is 20.3 Å². The normalized spacial score (nSPS) is 24.4. The lowest BCUT2D eigenvalue weighted by atomic mass is 10.2. The van der Waals surface area contributed by atoms with Gasteiger partial charge in [0.1, 0.15) is 12.6 Å². The van der Waals surface area contributed by atoms with Crippen LogP contribution in [0.25, 0.3) is 0 Å². The van der Waals surface area contributed by atoms with E-state index < -0.39 is 12.0 Å². The van der Waals surface area contributed by atoms with Gasteiger partial charge in [-0.15, -0.1) is 0 Å². The highest BCUT2D eigenvalue weighted by Crippen LogP contribution is 2.20. The summed E-state index contributed by atoms with van der Waals surface area (Å²) in [5, 5.41) is 9.03. The van der Waals surface area contributed by atoms with Crippen molar-refractivity contribution in [2.45, 2.75) is 38.5 Å². The van der Waals surface area contributed by atoms with Crippen molar-refractivity contribution < 1.29 is 24.2 Å². The Morgan fingerprint density at radius 3 is 2.59 bits per heavy atom. The maximum atomic E-state index is 11.8. The molecule has 6 nitrogen and oxygen atoms in total. The van der Waals surface area contributed by atoms with E-state index in [4.69, 9.17) is 14.6 Å². The third kappa shape index (κ3) is 3.67. The molecule has 98 valence electrons. The Hall–Kier alpha value is -1.14. The molecule has 2 atom stereocenters. The average molecular weight is 245 g/mol. The smallest absolute Gasteiger partial charge is 0.326 e. The van der Waals surface area contributed by atoms with Gasteiger partial charge in [0.15, 0.2) is 0 Å². The summed E-state index contributed by atoms with van der Waals surface area (Å²) in [6.45, 7) is 3.87. The number of ether oxygens (including phenoxy) is 2. The Balaban J connectivity index is 2.60. The fourth-order valence-corrected chi connectivity index (χ4v) is 1.80. The largest absolute Gasteiger partial charge is 0.480 e. The van der Waals surface area contributed by atoms with Crippen LogP contribution in [0.2, 0.25) is 0 Å². The predicted octanol–water partition coefficient (Wildman–Crippen LogP) is 0.112. The Labute approximate surface area is 100 Å². The Bertz CT molecular complexity index is 292. The second-order valence-electron chi connectivity index (χ2n) is 4.35. The third-order valence-electron chi connectivity index (χ3n) is 2.74. The van der Waals surface area contributed by atoms with Crippen LogP contribution in [0, 0.1) is 0 Å². The molecule has 1 aliphatic heterocycles. The van der Waals surface area contributed by atoms with Gasteiger partial charge >= 0.3 is 5.97 Å². The highest BCUT2D eigenvalue weighted by Gasteiger charge is 2.39. The number of carbonyl (C=O) groups is 2. The van der Waals surface area contributed by atoms with Crippen molar-refractivity contribution in [2.24, 2.45) is 0 Å². The summed E-state index contributed by atoms with van der Waals surface area (Å²) in [6.07, 6.45) is 0.0707. The van der Waals surface area contributed by atoms with Gasteiger partial charge in [0, 0.05) is 20.1 Å². The van der Waals surface area contributed by atoms with Crippen molar-refractivity contribution in [1.29, 1.82) is 0 Å². The molecule has 0 bridgehead atoms. The zero-order valence-corrected chi connectivity index (χ0v) is 10.4. The molecular formula is C11H19NO5. The van der Waals surface area contributed by atoms with Crippen LogP contribution in [0.5, 0.6) is 0 Å². The molecule has 1 saturated heterocycles. The number of nitrogens with zero attached hydrogens (tertiary/aromatic N) is 1. The molecule has 0 aromatic heterocycles. The van der Waals surface area contributed by atoms with Gasteiger partial charge in [0.05, 0.1) is 12.2 Å². The van der Waals surface area contributed by atoms with Crippen molar-refractivity contribution in [3.63, 3.8) is 0 Å². The fraction of sp³-hybridized carbons (Fsp3) is 0.818. The third-order valence-corrected chi connectivity index (χ3v) is 2.74. The van der Waals surface area contributed by atoms with E-state index in [1.54, 1.807) is 0 Å². The highest BCUT2D eigenvalue weighted by molar-refractivity contribution is 5.85. The minimum absolute atomic E-state index is 0.0527. The summed E-state index contributed by atoms with van der Waals surface area (Å²) < 4.78 is 10.3. The lowest BCUT2D eigenvalue weighted by Crippen LogP contribution is -2.42. The molecule has 1 rings (SSSR count). The maximum absolute atomic E-state index is 11.8. The highest BCUT2D eigenvalue weighted by atomic mass is 16.5. The minimum Gasteiger partial charge on any atom is -0.480 e. The number of aliphatic carboxylic acids is 1. The van der Waals surface area contributed by atoms with E-state index in [9.17, 15) is 9.59 Å². The molecule has 0 radical (unpaired) electrons. The molecule has 0 saturated carbocycles. The van der Waals surface area contributed by atoms with Crippen LogP contribution in [0.1, 0.15) is 20.3 Å². The first-order valence-corrected chi connectivity index (χ1v) is 5.62. The maximum Gasteiger partial charge on any atom is 0.326 e. The second-order valence-corrected chi connectivity index (χ2v) is 4.35. The van der Waals surface area contributed by atoms with Gasteiger partial charge < -0.3 is 19.5 Å². The molecule has 2 unspecified atom stereocenters. The second kappa shape index (κ2) is 5.97. The summed E-state index contributed by atoms with van der Waals surface area (Å²) in [6, 6.07) is -0.803. The first kappa shape index (κ1) is 13.9.